The Balaban J connectivity index is 2.71. The summed E-state index contributed by atoms with van der Waals surface area (Å²) in [5.41, 5.74) is 0.0325. The fraction of sp³-hybridized carbons (Fsp3) is 0.333. The number of aromatic nitrogens is 1. The number of aliphatic hydroxyl groups excluding tert-OH is 2. The van der Waals surface area contributed by atoms with Crippen molar-refractivity contribution < 1.29 is 24.5 Å². The number of hydrogen-bond acceptors (Lipinski definition) is 4. The second kappa shape index (κ2) is 4.81. The van der Waals surface area contributed by atoms with Crippen molar-refractivity contribution in [2.24, 2.45) is 0 Å². The van der Waals surface area contributed by atoms with Gasteiger partial charge in [-0.15, -0.1) is 0 Å². The molecule has 3 N–H and O–H groups in total. The van der Waals surface area contributed by atoms with E-state index in [0.29, 0.717) is 0 Å². The van der Waals surface area contributed by atoms with Crippen LogP contribution < -0.4 is 0 Å². The van der Waals surface area contributed by atoms with Crippen LogP contribution in [0.5, 0.6) is 0 Å². The smallest absolute Gasteiger partial charge is 0.306 e. The van der Waals surface area contributed by atoms with E-state index in [9.17, 15) is 19.4 Å². The third-order valence-electron chi connectivity index (χ3n) is 1.80. The average Bonchev–Trinajstić information content (AvgIpc) is 2.17. The summed E-state index contributed by atoms with van der Waals surface area (Å²) in [6.07, 6.45) is -2.60. The van der Waals surface area contributed by atoms with Gasteiger partial charge in [0.15, 0.2) is 0 Å². The minimum Gasteiger partial charge on any atom is -0.481 e. The second-order valence-corrected chi connectivity index (χ2v) is 3.01. The zero-order chi connectivity index (χ0) is 11.4. The normalized spacial score (nSPS) is 14.6. The molecule has 1 heterocycles. The van der Waals surface area contributed by atoms with E-state index in [1.165, 1.54) is 6.07 Å². The van der Waals surface area contributed by atoms with Crippen LogP contribution in [0.2, 0.25) is 0 Å². The van der Waals surface area contributed by atoms with Gasteiger partial charge in [0.05, 0.1) is 24.4 Å². The van der Waals surface area contributed by atoms with Crippen LogP contribution in [0.25, 0.3) is 0 Å². The summed E-state index contributed by atoms with van der Waals surface area (Å²) in [6.45, 7) is 0. The van der Waals surface area contributed by atoms with E-state index in [1.807, 2.05) is 0 Å². The number of pyridine rings is 1. The molecule has 0 amide bonds. The highest BCUT2D eigenvalue weighted by molar-refractivity contribution is 5.67. The molecule has 0 bridgehead atoms. The monoisotopic (exact) mass is 215 g/mol. The molecule has 0 aliphatic heterocycles. The van der Waals surface area contributed by atoms with Gasteiger partial charge in [-0.3, -0.25) is 9.78 Å². The molecule has 1 aromatic rings. The summed E-state index contributed by atoms with van der Waals surface area (Å²) in [7, 11) is 0. The van der Waals surface area contributed by atoms with Crippen molar-refractivity contribution in [3.8, 4) is 0 Å². The lowest BCUT2D eigenvalue weighted by Gasteiger charge is -2.15. The van der Waals surface area contributed by atoms with E-state index >= 15 is 0 Å². The molecular weight excluding hydrogens is 205 g/mol. The zero-order valence-electron chi connectivity index (χ0n) is 7.67. The first kappa shape index (κ1) is 11.5. The van der Waals surface area contributed by atoms with Crippen molar-refractivity contribution in [3.05, 3.63) is 29.8 Å². The Morgan fingerprint density at radius 3 is 2.60 bits per heavy atom. The fourth-order valence-electron chi connectivity index (χ4n) is 1.05. The minimum absolute atomic E-state index is 0.0325. The summed E-state index contributed by atoms with van der Waals surface area (Å²) in [4.78, 5) is 13.8. The van der Waals surface area contributed by atoms with Gasteiger partial charge < -0.3 is 15.3 Å². The third kappa shape index (κ3) is 3.26. The van der Waals surface area contributed by atoms with Crippen molar-refractivity contribution in [3.63, 3.8) is 0 Å². The summed E-state index contributed by atoms with van der Waals surface area (Å²) < 4.78 is 12.5. The van der Waals surface area contributed by atoms with E-state index in [-0.39, 0.29) is 5.69 Å². The van der Waals surface area contributed by atoms with Crippen LogP contribution in [-0.4, -0.2) is 32.4 Å². The molecule has 6 heteroatoms. The van der Waals surface area contributed by atoms with E-state index in [2.05, 4.69) is 4.98 Å². The molecule has 5 nitrogen and oxygen atoms in total. The average molecular weight is 215 g/mol. The van der Waals surface area contributed by atoms with Crippen LogP contribution in [0.15, 0.2) is 18.3 Å². The predicted octanol–water partition coefficient (Wildman–Crippen LogP) is 0.0897. The van der Waals surface area contributed by atoms with Crippen LogP contribution in [-0.2, 0) is 4.79 Å². The molecule has 0 saturated heterocycles. The van der Waals surface area contributed by atoms with E-state index in [1.54, 1.807) is 0 Å². The predicted molar refractivity (Wildman–Crippen MR) is 47.4 cm³/mol. The molecule has 0 saturated carbocycles. The Morgan fingerprint density at radius 1 is 1.47 bits per heavy atom. The number of aliphatic carboxylic acids is 1. The maximum Gasteiger partial charge on any atom is 0.306 e. The lowest BCUT2D eigenvalue weighted by molar-refractivity contribution is -0.141. The molecule has 0 aromatic carbocycles. The SMILES string of the molecule is O=C(O)CC(O)C(O)c1ccc(F)cn1. The Bertz CT molecular complexity index is 340. The largest absolute Gasteiger partial charge is 0.481 e. The zero-order valence-corrected chi connectivity index (χ0v) is 7.67. The Hall–Kier alpha value is -1.53. The van der Waals surface area contributed by atoms with Crippen LogP contribution in [0.4, 0.5) is 4.39 Å². The number of nitrogens with zero attached hydrogens (tertiary/aromatic N) is 1. The molecule has 0 fully saturated rings. The van der Waals surface area contributed by atoms with E-state index in [0.717, 1.165) is 12.3 Å². The van der Waals surface area contributed by atoms with Crippen LogP contribution in [0.1, 0.15) is 18.2 Å². The number of carbonyl (C=O) groups is 1. The molecule has 2 unspecified atom stereocenters. The lowest BCUT2D eigenvalue weighted by atomic mass is 10.1. The van der Waals surface area contributed by atoms with Crippen LogP contribution in [0, 0.1) is 5.82 Å². The van der Waals surface area contributed by atoms with Crippen LogP contribution in [0.3, 0.4) is 0 Å². The molecule has 1 rings (SSSR count). The van der Waals surface area contributed by atoms with Crippen molar-refractivity contribution in [2.45, 2.75) is 18.6 Å². The highest BCUT2D eigenvalue weighted by atomic mass is 19.1. The molecule has 1 aromatic heterocycles. The summed E-state index contributed by atoms with van der Waals surface area (Å²) >= 11 is 0. The molecule has 15 heavy (non-hydrogen) atoms. The van der Waals surface area contributed by atoms with Gasteiger partial charge in [0.25, 0.3) is 0 Å². The van der Waals surface area contributed by atoms with Crippen molar-refractivity contribution in [1.82, 2.24) is 4.98 Å². The fourth-order valence-corrected chi connectivity index (χ4v) is 1.05. The quantitative estimate of drug-likeness (QED) is 0.662. The maximum atomic E-state index is 12.5. The van der Waals surface area contributed by atoms with Crippen molar-refractivity contribution >= 4 is 5.97 Å². The molecule has 0 aliphatic rings. The molecule has 0 spiro atoms. The Morgan fingerprint density at radius 2 is 2.13 bits per heavy atom. The van der Waals surface area contributed by atoms with Gasteiger partial charge in [-0.25, -0.2) is 4.39 Å². The van der Waals surface area contributed by atoms with Gasteiger partial charge in [0.2, 0.25) is 0 Å². The second-order valence-electron chi connectivity index (χ2n) is 3.01. The highest BCUT2D eigenvalue weighted by Crippen LogP contribution is 2.16. The first-order valence-corrected chi connectivity index (χ1v) is 4.20. The van der Waals surface area contributed by atoms with Gasteiger partial charge in [-0.2, -0.15) is 0 Å². The summed E-state index contributed by atoms with van der Waals surface area (Å²) in [5.74, 6) is -1.80. The number of halogens is 1. The van der Waals surface area contributed by atoms with Crippen molar-refractivity contribution in [2.75, 3.05) is 0 Å². The highest BCUT2D eigenvalue weighted by Gasteiger charge is 2.22. The molecule has 82 valence electrons. The standard InChI is InChI=1S/C9H10FNO4/c10-5-1-2-6(11-4-5)9(15)7(12)3-8(13)14/h1-2,4,7,9,12,15H,3H2,(H,13,14). The van der Waals surface area contributed by atoms with Gasteiger partial charge in [0, 0.05) is 0 Å². The minimum atomic E-state index is -1.46. The number of rotatable bonds is 4. The first-order valence-electron chi connectivity index (χ1n) is 4.20. The van der Waals surface area contributed by atoms with Crippen LogP contribution >= 0.6 is 0 Å². The van der Waals surface area contributed by atoms with E-state index < -0.39 is 30.4 Å². The summed E-state index contributed by atoms with van der Waals surface area (Å²) in [5, 5.41) is 27.0. The number of aliphatic hydroxyl groups is 2. The Labute approximate surface area is 84.8 Å². The maximum absolute atomic E-state index is 12.5. The third-order valence-corrected chi connectivity index (χ3v) is 1.80. The van der Waals surface area contributed by atoms with Gasteiger partial charge >= 0.3 is 5.97 Å². The Kier molecular flexibility index (Phi) is 3.70. The lowest BCUT2D eigenvalue weighted by Crippen LogP contribution is -2.22. The summed E-state index contributed by atoms with van der Waals surface area (Å²) in [6, 6.07) is 2.25. The van der Waals surface area contributed by atoms with Crippen molar-refractivity contribution in [1.29, 1.82) is 0 Å². The molecule has 0 radical (unpaired) electrons. The van der Waals surface area contributed by atoms with E-state index in [4.69, 9.17) is 5.11 Å². The molecular formula is C9H10FNO4. The number of hydrogen-bond donors (Lipinski definition) is 3. The van der Waals surface area contributed by atoms with Gasteiger partial charge in [-0.1, -0.05) is 0 Å². The molecule has 2 atom stereocenters. The topological polar surface area (TPSA) is 90.7 Å². The van der Waals surface area contributed by atoms with Gasteiger partial charge in [-0.05, 0) is 12.1 Å². The number of carboxylic acids is 1. The molecule has 0 aliphatic carbocycles. The first-order chi connectivity index (χ1) is 7.00. The van der Waals surface area contributed by atoms with Gasteiger partial charge in [0.1, 0.15) is 11.9 Å². The number of carboxylic acid groups (broad SMARTS) is 1.